The van der Waals surface area contributed by atoms with Crippen LogP contribution in [0.5, 0.6) is 0 Å². The van der Waals surface area contributed by atoms with E-state index in [1.54, 1.807) is 24.5 Å². The summed E-state index contributed by atoms with van der Waals surface area (Å²) in [6.45, 7) is 0. The molecule has 0 saturated carbocycles. The van der Waals surface area contributed by atoms with Crippen LogP contribution in [0.1, 0.15) is 5.56 Å². The Morgan fingerprint density at radius 1 is 1.32 bits per heavy atom. The van der Waals surface area contributed by atoms with Crippen LogP contribution < -0.4 is 10.6 Å². The molecule has 0 aliphatic rings. The van der Waals surface area contributed by atoms with Crippen molar-refractivity contribution in [3.05, 3.63) is 53.3 Å². The van der Waals surface area contributed by atoms with Gasteiger partial charge in [-0.05, 0) is 30.3 Å². The first-order chi connectivity index (χ1) is 9.13. The van der Waals surface area contributed by atoms with Gasteiger partial charge in [0.25, 0.3) is 0 Å². The lowest BCUT2D eigenvalue weighted by atomic mass is 10.2. The van der Waals surface area contributed by atoms with Crippen molar-refractivity contribution in [3.8, 4) is 0 Å². The summed E-state index contributed by atoms with van der Waals surface area (Å²) in [5.41, 5.74) is 7.95. The Morgan fingerprint density at radius 2 is 2.00 bits per heavy atom. The van der Waals surface area contributed by atoms with E-state index < -0.39 is 0 Å². The van der Waals surface area contributed by atoms with Gasteiger partial charge in [0.1, 0.15) is 0 Å². The smallest absolute Gasteiger partial charge is 0.170 e. The van der Waals surface area contributed by atoms with Crippen molar-refractivity contribution < 1.29 is 5.21 Å². The van der Waals surface area contributed by atoms with E-state index in [1.165, 1.54) is 0 Å². The van der Waals surface area contributed by atoms with Gasteiger partial charge in [-0.15, -0.1) is 0 Å². The number of nitrogens with zero attached hydrogens (tertiary/aromatic N) is 3. The molecule has 0 amide bonds. The molecule has 1 aromatic heterocycles. The van der Waals surface area contributed by atoms with Crippen molar-refractivity contribution >= 4 is 28.8 Å². The van der Waals surface area contributed by atoms with E-state index >= 15 is 0 Å². The van der Waals surface area contributed by atoms with E-state index in [2.05, 4.69) is 10.1 Å². The van der Waals surface area contributed by atoms with Crippen molar-refractivity contribution in [1.82, 2.24) is 4.98 Å². The normalized spacial score (nSPS) is 11.4. The lowest BCUT2D eigenvalue weighted by Gasteiger charge is -2.20. The monoisotopic (exact) mass is 276 g/mol. The van der Waals surface area contributed by atoms with Gasteiger partial charge in [-0.25, -0.2) is 0 Å². The average Bonchev–Trinajstić information content (AvgIpc) is 2.46. The number of pyridine rings is 1. The van der Waals surface area contributed by atoms with Gasteiger partial charge in [-0.3, -0.25) is 4.98 Å². The minimum absolute atomic E-state index is 0.0798. The molecule has 0 aliphatic carbocycles. The van der Waals surface area contributed by atoms with Crippen LogP contribution in [0.25, 0.3) is 0 Å². The summed E-state index contributed by atoms with van der Waals surface area (Å²) >= 11 is 6.10. The Hall–Kier alpha value is -2.27. The molecular weight excluding hydrogens is 264 g/mol. The molecule has 3 N–H and O–H groups in total. The summed E-state index contributed by atoms with van der Waals surface area (Å²) in [4.78, 5) is 5.88. The van der Waals surface area contributed by atoms with Crippen LogP contribution in [0, 0.1) is 0 Å². The molecule has 5 nitrogen and oxygen atoms in total. The quantitative estimate of drug-likeness (QED) is 0.391. The van der Waals surface area contributed by atoms with Gasteiger partial charge in [-0.1, -0.05) is 16.8 Å². The lowest BCUT2D eigenvalue weighted by molar-refractivity contribution is 0.318. The molecule has 0 saturated heterocycles. The molecule has 0 atom stereocenters. The Balaban J connectivity index is 2.30. The largest absolute Gasteiger partial charge is 0.409 e. The Bertz CT molecular complexity index is 598. The average molecular weight is 277 g/mol. The predicted molar refractivity (Wildman–Crippen MR) is 76.3 cm³/mol. The van der Waals surface area contributed by atoms with Crippen LogP contribution >= 0.6 is 11.6 Å². The molecule has 0 bridgehead atoms. The molecule has 98 valence electrons. The summed E-state index contributed by atoms with van der Waals surface area (Å²) in [5, 5.41) is 12.1. The van der Waals surface area contributed by atoms with E-state index in [9.17, 15) is 0 Å². The van der Waals surface area contributed by atoms with Crippen LogP contribution in [0.4, 0.5) is 11.4 Å². The Kier molecular flexibility index (Phi) is 3.87. The van der Waals surface area contributed by atoms with Gasteiger partial charge in [-0.2, -0.15) is 0 Å². The Labute approximate surface area is 115 Å². The maximum atomic E-state index is 8.61. The molecular formula is C13H13ClN4O. The molecule has 2 rings (SSSR count). The van der Waals surface area contributed by atoms with Crippen molar-refractivity contribution in [2.45, 2.75) is 0 Å². The van der Waals surface area contributed by atoms with E-state index in [1.807, 2.05) is 30.1 Å². The third-order valence-corrected chi connectivity index (χ3v) is 3.06. The summed E-state index contributed by atoms with van der Waals surface area (Å²) in [7, 11) is 1.90. The molecule has 0 unspecified atom stereocenters. The SMILES string of the molecule is CN(c1ccc(C(N)=NO)cc1)c1ccncc1Cl. The van der Waals surface area contributed by atoms with Gasteiger partial charge in [0.15, 0.2) is 5.84 Å². The third kappa shape index (κ3) is 2.77. The first-order valence-corrected chi connectivity index (χ1v) is 5.92. The number of amidine groups is 1. The predicted octanol–water partition coefficient (Wildman–Crippen LogP) is 2.60. The van der Waals surface area contributed by atoms with Crippen LogP contribution in [0.3, 0.4) is 0 Å². The second kappa shape index (κ2) is 5.58. The second-order valence-electron chi connectivity index (χ2n) is 3.92. The Morgan fingerprint density at radius 3 is 2.58 bits per heavy atom. The zero-order chi connectivity index (χ0) is 13.8. The minimum atomic E-state index is 0.0798. The zero-order valence-corrected chi connectivity index (χ0v) is 11.0. The highest BCUT2D eigenvalue weighted by Gasteiger charge is 2.08. The highest BCUT2D eigenvalue weighted by molar-refractivity contribution is 6.33. The summed E-state index contributed by atoms with van der Waals surface area (Å²) in [6.07, 6.45) is 3.28. The number of rotatable bonds is 3. The van der Waals surface area contributed by atoms with E-state index in [0.717, 1.165) is 11.4 Å². The maximum absolute atomic E-state index is 8.61. The summed E-state index contributed by atoms with van der Waals surface area (Å²) in [5.74, 6) is 0.0798. The summed E-state index contributed by atoms with van der Waals surface area (Å²) in [6, 6.07) is 9.11. The first-order valence-electron chi connectivity index (χ1n) is 5.54. The van der Waals surface area contributed by atoms with Crippen molar-refractivity contribution in [3.63, 3.8) is 0 Å². The molecule has 2 aromatic rings. The standard InChI is InChI=1S/C13H13ClN4O/c1-18(12-6-7-16-8-11(12)14)10-4-2-9(3-5-10)13(15)17-19/h2-8,19H,1H3,(H2,15,17). The van der Waals surface area contributed by atoms with Crippen LogP contribution in [0.2, 0.25) is 5.02 Å². The fraction of sp³-hybridized carbons (Fsp3) is 0.0769. The summed E-state index contributed by atoms with van der Waals surface area (Å²) < 4.78 is 0. The number of hydrogen-bond acceptors (Lipinski definition) is 4. The van der Waals surface area contributed by atoms with Gasteiger partial charge < -0.3 is 15.8 Å². The molecule has 19 heavy (non-hydrogen) atoms. The van der Waals surface area contributed by atoms with E-state index in [-0.39, 0.29) is 5.84 Å². The van der Waals surface area contributed by atoms with Gasteiger partial charge >= 0.3 is 0 Å². The minimum Gasteiger partial charge on any atom is -0.409 e. The van der Waals surface area contributed by atoms with Crippen molar-refractivity contribution in [2.75, 3.05) is 11.9 Å². The fourth-order valence-electron chi connectivity index (χ4n) is 1.69. The molecule has 1 aromatic carbocycles. The lowest BCUT2D eigenvalue weighted by Crippen LogP contribution is -2.14. The number of aromatic nitrogens is 1. The van der Waals surface area contributed by atoms with Crippen LogP contribution in [-0.2, 0) is 0 Å². The number of halogens is 1. The van der Waals surface area contributed by atoms with Gasteiger partial charge in [0.2, 0.25) is 0 Å². The molecule has 0 aliphatic heterocycles. The highest BCUT2D eigenvalue weighted by atomic mass is 35.5. The van der Waals surface area contributed by atoms with Crippen LogP contribution in [0.15, 0.2) is 47.9 Å². The highest BCUT2D eigenvalue weighted by Crippen LogP contribution is 2.29. The van der Waals surface area contributed by atoms with Crippen LogP contribution in [-0.4, -0.2) is 23.1 Å². The second-order valence-corrected chi connectivity index (χ2v) is 4.33. The molecule has 0 radical (unpaired) electrons. The van der Waals surface area contributed by atoms with Gasteiger partial charge in [0, 0.05) is 30.7 Å². The maximum Gasteiger partial charge on any atom is 0.170 e. The molecule has 6 heteroatoms. The number of benzene rings is 1. The molecule has 0 spiro atoms. The fourth-order valence-corrected chi connectivity index (χ4v) is 1.94. The van der Waals surface area contributed by atoms with Crippen molar-refractivity contribution in [2.24, 2.45) is 10.9 Å². The first kappa shape index (κ1) is 13.2. The van der Waals surface area contributed by atoms with E-state index in [4.69, 9.17) is 22.5 Å². The zero-order valence-electron chi connectivity index (χ0n) is 10.3. The topological polar surface area (TPSA) is 74.7 Å². The number of nitrogens with two attached hydrogens (primary N) is 1. The van der Waals surface area contributed by atoms with Gasteiger partial charge in [0.05, 0.1) is 10.7 Å². The number of anilines is 2. The van der Waals surface area contributed by atoms with E-state index in [0.29, 0.717) is 10.6 Å². The number of hydrogen-bond donors (Lipinski definition) is 2. The molecule has 1 heterocycles. The third-order valence-electron chi connectivity index (χ3n) is 2.77. The van der Waals surface area contributed by atoms with Crippen molar-refractivity contribution in [1.29, 1.82) is 0 Å². The molecule has 0 fully saturated rings. The number of oxime groups is 1.